The van der Waals surface area contributed by atoms with E-state index in [0.717, 1.165) is 19.5 Å². The molecule has 0 aromatic heterocycles. The largest absolute Gasteiger partial charge is 0.377 e. The molecule has 1 N–H and O–H groups in total. The van der Waals surface area contributed by atoms with Crippen molar-refractivity contribution in [2.24, 2.45) is 11.3 Å². The van der Waals surface area contributed by atoms with Crippen LogP contribution >= 0.6 is 0 Å². The molecule has 2 nitrogen and oxygen atoms in total. The number of benzene rings is 1. The fraction of sp³-hybridized carbons (Fsp3) is 0.647. The molecule has 0 amide bonds. The summed E-state index contributed by atoms with van der Waals surface area (Å²) < 4.78 is 34.0. The Morgan fingerprint density at radius 1 is 1.29 bits per heavy atom. The van der Waals surface area contributed by atoms with Gasteiger partial charge in [0, 0.05) is 24.1 Å². The lowest BCUT2D eigenvalue weighted by molar-refractivity contribution is 0.0301. The second-order valence-corrected chi connectivity index (χ2v) is 6.40. The fourth-order valence-electron chi connectivity index (χ4n) is 3.61. The minimum atomic E-state index is -0.438. The van der Waals surface area contributed by atoms with E-state index in [1.807, 2.05) is 0 Å². The molecule has 1 saturated heterocycles. The van der Waals surface area contributed by atoms with Gasteiger partial charge in [-0.05, 0) is 50.3 Å². The molecule has 2 unspecified atom stereocenters. The first-order valence-electron chi connectivity index (χ1n) is 7.91. The molecule has 3 rings (SSSR count). The number of ether oxygens (including phenoxy) is 1. The van der Waals surface area contributed by atoms with Gasteiger partial charge in [0.05, 0.1) is 6.10 Å². The van der Waals surface area contributed by atoms with E-state index in [-0.39, 0.29) is 17.1 Å². The standard InChI is InChI=1S/C17H23F2NO/c1-2-20-11-17(8-9-21-16(17)12-6-7-12)10-13-14(18)4-3-5-15(13)19/h3-5,12,16,20H,2,6-11H2,1H3. The van der Waals surface area contributed by atoms with E-state index in [1.54, 1.807) is 0 Å². The zero-order valence-electron chi connectivity index (χ0n) is 12.5. The second kappa shape index (κ2) is 6.01. The zero-order chi connectivity index (χ0) is 14.9. The number of rotatable bonds is 6. The lowest BCUT2D eigenvalue weighted by atomic mass is 9.73. The Labute approximate surface area is 124 Å². The van der Waals surface area contributed by atoms with Crippen LogP contribution in [0.15, 0.2) is 18.2 Å². The smallest absolute Gasteiger partial charge is 0.129 e. The SMILES string of the molecule is CCNCC1(Cc2c(F)cccc2F)CCOC1C1CC1. The van der Waals surface area contributed by atoms with Crippen LogP contribution in [0.3, 0.4) is 0 Å². The van der Waals surface area contributed by atoms with Gasteiger partial charge in [0.1, 0.15) is 11.6 Å². The molecule has 0 bridgehead atoms. The molecule has 1 heterocycles. The predicted molar refractivity (Wildman–Crippen MR) is 78.1 cm³/mol. The van der Waals surface area contributed by atoms with Crippen molar-refractivity contribution < 1.29 is 13.5 Å². The molecule has 1 aliphatic heterocycles. The summed E-state index contributed by atoms with van der Waals surface area (Å²) in [5.41, 5.74) is 0.0341. The molecular weight excluding hydrogens is 272 g/mol. The van der Waals surface area contributed by atoms with Crippen LogP contribution in [-0.4, -0.2) is 25.8 Å². The third kappa shape index (κ3) is 2.97. The lowest BCUT2D eigenvalue weighted by Crippen LogP contribution is -2.44. The van der Waals surface area contributed by atoms with E-state index in [2.05, 4.69) is 12.2 Å². The van der Waals surface area contributed by atoms with E-state index < -0.39 is 11.6 Å². The normalized spacial score (nSPS) is 29.0. The molecule has 2 atom stereocenters. The maximum atomic E-state index is 14.0. The molecular formula is C17H23F2NO. The van der Waals surface area contributed by atoms with Gasteiger partial charge in [-0.1, -0.05) is 13.0 Å². The Hall–Kier alpha value is -1.00. The van der Waals surface area contributed by atoms with Crippen molar-refractivity contribution in [2.75, 3.05) is 19.7 Å². The summed E-state index contributed by atoms with van der Waals surface area (Å²) in [4.78, 5) is 0. The predicted octanol–water partition coefficient (Wildman–Crippen LogP) is 3.30. The number of hydrogen-bond acceptors (Lipinski definition) is 2. The van der Waals surface area contributed by atoms with Crippen molar-refractivity contribution in [3.63, 3.8) is 0 Å². The fourth-order valence-corrected chi connectivity index (χ4v) is 3.61. The van der Waals surface area contributed by atoms with Crippen molar-refractivity contribution in [3.05, 3.63) is 35.4 Å². The lowest BCUT2D eigenvalue weighted by Gasteiger charge is -2.35. The van der Waals surface area contributed by atoms with Gasteiger partial charge in [-0.3, -0.25) is 0 Å². The first-order valence-corrected chi connectivity index (χ1v) is 7.91. The molecule has 21 heavy (non-hydrogen) atoms. The van der Waals surface area contributed by atoms with Gasteiger partial charge in [0.15, 0.2) is 0 Å². The number of nitrogens with one attached hydrogen (secondary N) is 1. The van der Waals surface area contributed by atoms with Crippen LogP contribution in [0, 0.1) is 23.0 Å². The van der Waals surface area contributed by atoms with Crippen LogP contribution in [0.2, 0.25) is 0 Å². The topological polar surface area (TPSA) is 21.3 Å². The maximum Gasteiger partial charge on any atom is 0.129 e. The van der Waals surface area contributed by atoms with Crippen molar-refractivity contribution in [1.82, 2.24) is 5.32 Å². The molecule has 0 spiro atoms. The first kappa shape index (κ1) is 14.9. The van der Waals surface area contributed by atoms with Gasteiger partial charge < -0.3 is 10.1 Å². The third-order valence-electron chi connectivity index (χ3n) is 4.87. The Balaban J connectivity index is 1.88. The molecule has 1 aromatic rings. The second-order valence-electron chi connectivity index (χ2n) is 6.40. The van der Waals surface area contributed by atoms with E-state index in [4.69, 9.17) is 4.74 Å². The molecule has 1 saturated carbocycles. The molecule has 4 heteroatoms. The quantitative estimate of drug-likeness (QED) is 0.869. The van der Waals surface area contributed by atoms with Gasteiger partial charge in [0.2, 0.25) is 0 Å². The highest BCUT2D eigenvalue weighted by molar-refractivity contribution is 5.23. The minimum Gasteiger partial charge on any atom is -0.377 e. The molecule has 1 aromatic carbocycles. The van der Waals surface area contributed by atoms with Crippen LogP contribution in [0.4, 0.5) is 8.78 Å². The monoisotopic (exact) mass is 295 g/mol. The summed E-state index contributed by atoms with van der Waals surface area (Å²) in [6, 6.07) is 4.12. The first-order chi connectivity index (χ1) is 10.2. The molecule has 2 fully saturated rings. The van der Waals surface area contributed by atoms with Gasteiger partial charge >= 0.3 is 0 Å². The van der Waals surface area contributed by atoms with Crippen molar-refractivity contribution in [1.29, 1.82) is 0 Å². The maximum absolute atomic E-state index is 14.0. The van der Waals surface area contributed by atoms with Crippen LogP contribution in [0.5, 0.6) is 0 Å². The van der Waals surface area contributed by atoms with Crippen molar-refractivity contribution in [2.45, 2.75) is 38.7 Å². The summed E-state index contributed by atoms with van der Waals surface area (Å²) in [6.45, 7) is 4.37. The molecule has 2 aliphatic rings. The summed E-state index contributed by atoms with van der Waals surface area (Å²) in [6.07, 6.45) is 3.78. The Kier molecular flexibility index (Phi) is 4.27. The highest BCUT2D eigenvalue weighted by atomic mass is 19.1. The zero-order valence-corrected chi connectivity index (χ0v) is 12.5. The average molecular weight is 295 g/mol. The Morgan fingerprint density at radius 3 is 2.62 bits per heavy atom. The van der Waals surface area contributed by atoms with Gasteiger partial charge in [0.25, 0.3) is 0 Å². The minimum absolute atomic E-state index is 0.135. The highest BCUT2D eigenvalue weighted by Gasteiger charge is 2.51. The molecule has 0 radical (unpaired) electrons. The number of halogens is 2. The van der Waals surface area contributed by atoms with E-state index >= 15 is 0 Å². The van der Waals surface area contributed by atoms with Crippen molar-refractivity contribution in [3.8, 4) is 0 Å². The van der Waals surface area contributed by atoms with E-state index in [1.165, 1.54) is 31.0 Å². The van der Waals surface area contributed by atoms with E-state index in [0.29, 0.717) is 18.9 Å². The summed E-state index contributed by atoms with van der Waals surface area (Å²) in [5.74, 6) is -0.305. The summed E-state index contributed by atoms with van der Waals surface area (Å²) in [5, 5.41) is 3.38. The van der Waals surface area contributed by atoms with Crippen LogP contribution in [0.1, 0.15) is 31.7 Å². The summed E-state index contributed by atoms with van der Waals surface area (Å²) in [7, 11) is 0. The highest BCUT2D eigenvalue weighted by Crippen LogP contribution is 2.49. The van der Waals surface area contributed by atoms with Crippen LogP contribution in [0.25, 0.3) is 0 Å². The molecule has 1 aliphatic carbocycles. The van der Waals surface area contributed by atoms with Crippen LogP contribution < -0.4 is 5.32 Å². The molecule has 116 valence electrons. The Morgan fingerprint density at radius 2 is 2.00 bits per heavy atom. The average Bonchev–Trinajstić information content (AvgIpc) is 3.23. The Bertz CT molecular complexity index is 483. The van der Waals surface area contributed by atoms with Gasteiger partial charge in [-0.15, -0.1) is 0 Å². The van der Waals surface area contributed by atoms with Crippen molar-refractivity contribution >= 4 is 0 Å². The van der Waals surface area contributed by atoms with E-state index in [9.17, 15) is 8.78 Å². The third-order valence-corrected chi connectivity index (χ3v) is 4.87. The summed E-state index contributed by atoms with van der Waals surface area (Å²) >= 11 is 0. The van der Waals surface area contributed by atoms with Crippen LogP contribution in [-0.2, 0) is 11.2 Å². The van der Waals surface area contributed by atoms with Gasteiger partial charge in [-0.25, -0.2) is 8.78 Å². The number of hydrogen-bond donors (Lipinski definition) is 1. The van der Waals surface area contributed by atoms with Gasteiger partial charge in [-0.2, -0.15) is 0 Å².